The highest BCUT2D eigenvalue weighted by Crippen LogP contribution is 2.14. The van der Waals surface area contributed by atoms with Gasteiger partial charge in [0.05, 0.1) is 12.5 Å². The Bertz CT molecular complexity index is 210. The molecule has 2 aliphatic rings. The Morgan fingerprint density at radius 3 is 2.87 bits per heavy atom. The Labute approximate surface area is 90.3 Å². The Hall–Kier alpha value is -0.610. The number of hydrogen-bond donors (Lipinski definition) is 1. The van der Waals surface area contributed by atoms with Gasteiger partial charge in [-0.25, -0.2) is 0 Å². The molecular weight excluding hydrogens is 194 g/mol. The van der Waals surface area contributed by atoms with E-state index in [1.54, 1.807) is 0 Å². The summed E-state index contributed by atoms with van der Waals surface area (Å²) < 4.78 is 10.7. The fraction of sp³-hybridized carbons (Fsp3) is 0.909. The van der Waals surface area contributed by atoms with Crippen molar-refractivity contribution in [1.29, 1.82) is 0 Å². The van der Waals surface area contributed by atoms with Gasteiger partial charge in [0.15, 0.2) is 0 Å². The number of hydrogen-bond acceptors (Lipinski definition) is 4. The molecule has 0 spiro atoms. The zero-order valence-electron chi connectivity index (χ0n) is 9.04. The first-order chi connectivity index (χ1) is 7.34. The number of carbonyl (C=O) groups is 1. The molecule has 0 aliphatic carbocycles. The number of nitrogens with one attached hydrogen (secondary N) is 1. The molecule has 4 nitrogen and oxygen atoms in total. The molecule has 0 radical (unpaired) electrons. The van der Waals surface area contributed by atoms with E-state index in [0.717, 1.165) is 32.5 Å². The van der Waals surface area contributed by atoms with Crippen molar-refractivity contribution in [1.82, 2.24) is 5.32 Å². The predicted molar refractivity (Wildman–Crippen MR) is 55.5 cm³/mol. The van der Waals surface area contributed by atoms with Crippen LogP contribution in [0.2, 0.25) is 0 Å². The highest BCUT2D eigenvalue weighted by Gasteiger charge is 2.22. The second-order valence-corrected chi connectivity index (χ2v) is 4.40. The van der Waals surface area contributed by atoms with Crippen molar-refractivity contribution in [3.05, 3.63) is 0 Å². The van der Waals surface area contributed by atoms with Crippen LogP contribution in [0.15, 0.2) is 0 Å². The minimum absolute atomic E-state index is 0.0735. The van der Waals surface area contributed by atoms with Gasteiger partial charge in [-0.2, -0.15) is 0 Å². The van der Waals surface area contributed by atoms with Crippen LogP contribution in [0.4, 0.5) is 0 Å². The maximum atomic E-state index is 11.4. The maximum absolute atomic E-state index is 11.4. The van der Waals surface area contributed by atoms with E-state index in [2.05, 4.69) is 5.32 Å². The number of esters is 1. The summed E-state index contributed by atoms with van der Waals surface area (Å²) >= 11 is 0. The summed E-state index contributed by atoms with van der Waals surface area (Å²) in [7, 11) is 0. The lowest BCUT2D eigenvalue weighted by Crippen LogP contribution is -2.43. The Morgan fingerprint density at radius 1 is 1.40 bits per heavy atom. The zero-order chi connectivity index (χ0) is 10.5. The monoisotopic (exact) mass is 213 g/mol. The van der Waals surface area contributed by atoms with Crippen LogP contribution in [-0.2, 0) is 14.3 Å². The maximum Gasteiger partial charge on any atom is 0.306 e. The summed E-state index contributed by atoms with van der Waals surface area (Å²) in [5.74, 6) is 0.417. The molecule has 1 unspecified atom stereocenters. The van der Waals surface area contributed by atoms with Crippen molar-refractivity contribution in [3.63, 3.8) is 0 Å². The summed E-state index contributed by atoms with van der Waals surface area (Å²) in [4.78, 5) is 11.4. The van der Waals surface area contributed by atoms with E-state index in [4.69, 9.17) is 9.47 Å². The standard InChI is InChI=1S/C11H19NO3/c13-11(5-9-6-12-7-9)15-8-10-3-1-2-4-14-10/h9-10,12H,1-8H2. The second kappa shape index (κ2) is 5.47. The lowest BCUT2D eigenvalue weighted by Gasteiger charge is -2.26. The molecule has 86 valence electrons. The zero-order valence-corrected chi connectivity index (χ0v) is 9.04. The molecule has 2 rings (SSSR count). The summed E-state index contributed by atoms with van der Waals surface area (Å²) in [6.45, 7) is 3.16. The molecule has 0 aromatic carbocycles. The summed E-state index contributed by atoms with van der Waals surface area (Å²) in [6.07, 6.45) is 4.05. The van der Waals surface area contributed by atoms with Crippen molar-refractivity contribution < 1.29 is 14.3 Å². The van der Waals surface area contributed by atoms with Crippen LogP contribution in [-0.4, -0.2) is 38.4 Å². The molecular formula is C11H19NO3. The minimum Gasteiger partial charge on any atom is -0.463 e. The molecule has 0 amide bonds. The molecule has 0 aromatic rings. The molecule has 0 saturated carbocycles. The lowest BCUT2D eigenvalue weighted by atomic mass is 10.00. The minimum atomic E-state index is -0.0735. The smallest absolute Gasteiger partial charge is 0.306 e. The third-order valence-corrected chi connectivity index (χ3v) is 3.03. The largest absolute Gasteiger partial charge is 0.463 e. The molecule has 0 aromatic heterocycles. The van der Waals surface area contributed by atoms with Gasteiger partial charge >= 0.3 is 5.97 Å². The van der Waals surface area contributed by atoms with E-state index in [-0.39, 0.29) is 12.1 Å². The van der Waals surface area contributed by atoms with Crippen LogP contribution in [0, 0.1) is 5.92 Å². The van der Waals surface area contributed by atoms with Gasteiger partial charge in [0.2, 0.25) is 0 Å². The molecule has 1 N–H and O–H groups in total. The van der Waals surface area contributed by atoms with Gasteiger partial charge in [-0.15, -0.1) is 0 Å². The first kappa shape index (κ1) is 10.9. The molecule has 2 fully saturated rings. The molecule has 4 heteroatoms. The predicted octanol–water partition coefficient (Wildman–Crippen LogP) is 0.708. The average molecular weight is 213 g/mol. The summed E-state index contributed by atoms with van der Waals surface area (Å²) in [5.41, 5.74) is 0. The Morgan fingerprint density at radius 2 is 2.27 bits per heavy atom. The molecule has 0 bridgehead atoms. The molecule has 15 heavy (non-hydrogen) atoms. The van der Waals surface area contributed by atoms with Crippen LogP contribution in [0.3, 0.4) is 0 Å². The van der Waals surface area contributed by atoms with Crippen LogP contribution in [0.1, 0.15) is 25.7 Å². The van der Waals surface area contributed by atoms with Crippen molar-refractivity contribution in [2.24, 2.45) is 5.92 Å². The number of rotatable bonds is 4. The Balaban J connectivity index is 1.57. The van der Waals surface area contributed by atoms with Crippen molar-refractivity contribution >= 4 is 5.97 Å². The number of ether oxygens (including phenoxy) is 2. The van der Waals surface area contributed by atoms with E-state index < -0.39 is 0 Å². The SMILES string of the molecule is O=C(CC1CNC1)OCC1CCCCO1. The van der Waals surface area contributed by atoms with E-state index in [0.29, 0.717) is 18.9 Å². The molecule has 2 saturated heterocycles. The van der Waals surface area contributed by atoms with Gasteiger partial charge < -0.3 is 14.8 Å². The highest BCUT2D eigenvalue weighted by atomic mass is 16.6. The molecule has 2 aliphatic heterocycles. The lowest BCUT2D eigenvalue weighted by molar-refractivity contribution is -0.150. The van der Waals surface area contributed by atoms with Gasteiger partial charge in [-0.1, -0.05) is 0 Å². The fourth-order valence-electron chi connectivity index (χ4n) is 1.91. The van der Waals surface area contributed by atoms with E-state index >= 15 is 0 Å². The van der Waals surface area contributed by atoms with Crippen LogP contribution in [0.25, 0.3) is 0 Å². The quantitative estimate of drug-likeness (QED) is 0.699. The molecule has 2 heterocycles. The first-order valence-corrected chi connectivity index (χ1v) is 5.82. The summed E-state index contributed by atoms with van der Waals surface area (Å²) in [5, 5.41) is 3.14. The highest BCUT2D eigenvalue weighted by molar-refractivity contribution is 5.69. The molecule has 1 atom stereocenters. The van der Waals surface area contributed by atoms with Crippen LogP contribution < -0.4 is 5.32 Å². The van der Waals surface area contributed by atoms with Gasteiger partial charge in [-0.05, 0) is 38.3 Å². The van der Waals surface area contributed by atoms with Crippen LogP contribution >= 0.6 is 0 Å². The van der Waals surface area contributed by atoms with Crippen molar-refractivity contribution in [3.8, 4) is 0 Å². The van der Waals surface area contributed by atoms with Gasteiger partial charge in [0.1, 0.15) is 6.61 Å². The first-order valence-electron chi connectivity index (χ1n) is 5.82. The van der Waals surface area contributed by atoms with Crippen molar-refractivity contribution in [2.45, 2.75) is 31.8 Å². The van der Waals surface area contributed by atoms with E-state index in [1.807, 2.05) is 0 Å². The topological polar surface area (TPSA) is 47.6 Å². The van der Waals surface area contributed by atoms with Gasteiger partial charge in [0, 0.05) is 6.61 Å². The number of carbonyl (C=O) groups excluding carboxylic acids is 1. The van der Waals surface area contributed by atoms with Crippen LogP contribution in [0.5, 0.6) is 0 Å². The van der Waals surface area contributed by atoms with E-state index in [1.165, 1.54) is 6.42 Å². The third-order valence-electron chi connectivity index (χ3n) is 3.03. The van der Waals surface area contributed by atoms with Gasteiger partial charge in [-0.3, -0.25) is 4.79 Å². The Kier molecular flexibility index (Phi) is 3.97. The van der Waals surface area contributed by atoms with Crippen molar-refractivity contribution in [2.75, 3.05) is 26.3 Å². The normalized spacial score (nSPS) is 27.1. The van der Waals surface area contributed by atoms with Gasteiger partial charge in [0.25, 0.3) is 0 Å². The fourth-order valence-corrected chi connectivity index (χ4v) is 1.91. The third kappa shape index (κ3) is 3.47. The summed E-state index contributed by atoms with van der Waals surface area (Å²) in [6, 6.07) is 0. The van der Waals surface area contributed by atoms with E-state index in [9.17, 15) is 4.79 Å². The second-order valence-electron chi connectivity index (χ2n) is 4.40. The average Bonchev–Trinajstić information content (AvgIpc) is 2.22.